The van der Waals surface area contributed by atoms with E-state index in [0.717, 1.165) is 0 Å². The molecular weight excluding hydrogens is 276 g/mol. The maximum atomic E-state index is 11.8. The molecule has 7 nitrogen and oxygen atoms in total. The van der Waals surface area contributed by atoms with Crippen LogP contribution in [0.1, 0.15) is 19.4 Å². The number of nitrogens with zero attached hydrogens (tertiary/aromatic N) is 1. The summed E-state index contributed by atoms with van der Waals surface area (Å²) in [5, 5.41) is 13.7. The first-order chi connectivity index (χ1) is 9.84. The number of nitrogens with one attached hydrogen (secondary N) is 1. The molecule has 1 N–H and O–H groups in total. The van der Waals surface area contributed by atoms with Gasteiger partial charge in [0.2, 0.25) is 0 Å². The molecule has 1 aromatic carbocycles. The number of likely N-dealkylation sites (N-methyl/N-ethyl adjacent to an activating group) is 1. The molecule has 0 aliphatic heterocycles. The number of nitro benzene ring substituents is 1. The van der Waals surface area contributed by atoms with Gasteiger partial charge >= 0.3 is 5.97 Å². The van der Waals surface area contributed by atoms with E-state index in [-0.39, 0.29) is 12.3 Å². The predicted octanol–water partition coefficient (Wildman–Crippen LogP) is 1.82. The van der Waals surface area contributed by atoms with Crippen LogP contribution in [0.25, 0.3) is 0 Å². The Morgan fingerprint density at radius 3 is 2.62 bits per heavy atom. The molecule has 1 unspecified atom stereocenters. The lowest BCUT2D eigenvalue weighted by atomic mass is 10.0. The standard InChI is InChI=1S/C14H20N2O5/c1-5-15-14(3,13(17)20-4)9-21-12-7-6-11(16(18)19)8-10(12)2/h6-8,15H,5,9H2,1-4H3. The van der Waals surface area contributed by atoms with Gasteiger partial charge in [-0.05, 0) is 32.0 Å². The normalized spacial score (nSPS) is 13.3. The fourth-order valence-electron chi connectivity index (χ4n) is 1.93. The van der Waals surface area contributed by atoms with Crippen LogP contribution in [0.5, 0.6) is 5.75 Å². The van der Waals surface area contributed by atoms with Crippen LogP contribution in [0.4, 0.5) is 5.69 Å². The Balaban J connectivity index is 2.86. The summed E-state index contributed by atoms with van der Waals surface area (Å²) in [6, 6.07) is 4.32. The van der Waals surface area contributed by atoms with Crippen LogP contribution in [0.15, 0.2) is 18.2 Å². The highest BCUT2D eigenvalue weighted by Gasteiger charge is 2.34. The summed E-state index contributed by atoms with van der Waals surface area (Å²) in [5.74, 6) is 0.0672. The molecule has 0 heterocycles. The lowest BCUT2D eigenvalue weighted by Gasteiger charge is -2.27. The van der Waals surface area contributed by atoms with Crippen molar-refractivity contribution in [2.75, 3.05) is 20.3 Å². The van der Waals surface area contributed by atoms with Gasteiger partial charge in [0.25, 0.3) is 5.69 Å². The number of hydrogen-bond acceptors (Lipinski definition) is 6. The fourth-order valence-corrected chi connectivity index (χ4v) is 1.93. The van der Waals surface area contributed by atoms with Crippen molar-refractivity contribution in [1.82, 2.24) is 5.32 Å². The van der Waals surface area contributed by atoms with Gasteiger partial charge in [-0.3, -0.25) is 15.4 Å². The average molecular weight is 296 g/mol. The predicted molar refractivity (Wildman–Crippen MR) is 77.4 cm³/mol. The van der Waals surface area contributed by atoms with E-state index in [1.54, 1.807) is 13.8 Å². The second kappa shape index (κ2) is 7.03. The van der Waals surface area contributed by atoms with Crippen molar-refractivity contribution in [3.8, 4) is 5.75 Å². The molecule has 0 saturated heterocycles. The summed E-state index contributed by atoms with van der Waals surface area (Å²) < 4.78 is 10.4. The van der Waals surface area contributed by atoms with Crippen LogP contribution < -0.4 is 10.1 Å². The smallest absolute Gasteiger partial charge is 0.329 e. The van der Waals surface area contributed by atoms with E-state index >= 15 is 0 Å². The quantitative estimate of drug-likeness (QED) is 0.469. The summed E-state index contributed by atoms with van der Waals surface area (Å²) in [4.78, 5) is 22.0. The lowest BCUT2D eigenvalue weighted by molar-refractivity contribution is -0.384. The van der Waals surface area contributed by atoms with Crippen LogP contribution in [0, 0.1) is 17.0 Å². The van der Waals surface area contributed by atoms with Gasteiger partial charge in [-0.25, -0.2) is 4.79 Å². The summed E-state index contributed by atoms with van der Waals surface area (Å²) in [6.07, 6.45) is 0. The monoisotopic (exact) mass is 296 g/mol. The van der Waals surface area contributed by atoms with Crippen molar-refractivity contribution < 1.29 is 19.2 Å². The topological polar surface area (TPSA) is 90.7 Å². The van der Waals surface area contributed by atoms with Gasteiger partial charge in [-0.1, -0.05) is 6.92 Å². The van der Waals surface area contributed by atoms with Crippen molar-refractivity contribution in [1.29, 1.82) is 0 Å². The van der Waals surface area contributed by atoms with Crippen LogP contribution in [-0.2, 0) is 9.53 Å². The van der Waals surface area contributed by atoms with Gasteiger partial charge in [0.1, 0.15) is 17.9 Å². The molecular formula is C14H20N2O5. The summed E-state index contributed by atoms with van der Waals surface area (Å²) in [7, 11) is 1.31. The molecule has 1 rings (SSSR count). The van der Waals surface area contributed by atoms with Gasteiger partial charge in [0.15, 0.2) is 0 Å². The third-order valence-electron chi connectivity index (χ3n) is 3.09. The van der Waals surface area contributed by atoms with Gasteiger partial charge in [-0.15, -0.1) is 0 Å². The molecule has 21 heavy (non-hydrogen) atoms. The van der Waals surface area contributed by atoms with E-state index in [9.17, 15) is 14.9 Å². The molecule has 7 heteroatoms. The number of nitro groups is 1. The second-order valence-corrected chi connectivity index (χ2v) is 4.85. The zero-order valence-electron chi connectivity index (χ0n) is 12.6. The fraction of sp³-hybridized carbons (Fsp3) is 0.500. The average Bonchev–Trinajstić information content (AvgIpc) is 2.45. The number of non-ortho nitro benzene ring substituents is 1. The molecule has 0 spiro atoms. The minimum atomic E-state index is -0.974. The molecule has 0 bridgehead atoms. The molecule has 0 fully saturated rings. The first kappa shape index (κ1) is 16.9. The van der Waals surface area contributed by atoms with Crippen LogP contribution in [0.3, 0.4) is 0 Å². The first-order valence-corrected chi connectivity index (χ1v) is 6.55. The number of carbonyl (C=O) groups is 1. The number of rotatable bonds is 7. The Bertz CT molecular complexity index is 532. The first-order valence-electron chi connectivity index (χ1n) is 6.55. The Hall–Kier alpha value is -2.15. The molecule has 0 aliphatic carbocycles. The number of hydrogen-bond donors (Lipinski definition) is 1. The van der Waals surface area contributed by atoms with E-state index < -0.39 is 16.4 Å². The van der Waals surface area contributed by atoms with Crippen molar-refractivity contribution >= 4 is 11.7 Å². The Morgan fingerprint density at radius 1 is 1.48 bits per heavy atom. The Kier molecular flexibility index (Phi) is 5.66. The van der Waals surface area contributed by atoms with Crippen molar-refractivity contribution in [2.24, 2.45) is 0 Å². The maximum absolute atomic E-state index is 11.8. The van der Waals surface area contributed by atoms with Crippen LogP contribution >= 0.6 is 0 Å². The summed E-state index contributed by atoms with van der Waals surface area (Å²) in [6.45, 7) is 5.91. The second-order valence-electron chi connectivity index (χ2n) is 4.85. The van der Waals surface area contributed by atoms with E-state index in [2.05, 4.69) is 5.32 Å². The van der Waals surface area contributed by atoms with Crippen molar-refractivity contribution in [2.45, 2.75) is 26.3 Å². The SMILES string of the molecule is CCNC(C)(COc1ccc([N+](=O)[O-])cc1C)C(=O)OC. The summed E-state index contributed by atoms with van der Waals surface area (Å²) in [5.41, 5.74) is -0.340. The maximum Gasteiger partial charge on any atom is 0.329 e. The zero-order valence-corrected chi connectivity index (χ0v) is 12.6. The molecule has 1 atom stereocenters. The Morgan fingerprint density at radius 2 is 2.14 bits per heavy atom. The van der Waals surface area contributed by atoms with E-state index in [0.29, 0.717) is 17.9 Å². The molecule has 1 aromatic rings. The number of carbonyl (C=O) groups excluding carboxylic acids is 1. The van der Waals surface area contributed by atoms with Gasteiger partial charge < -0.3 is 9.47 Å². The van der Waals surface area contributed by atoms with Gasteiger partial charge in [0, 0.05) is 12.1 Å². The van der Waals surface area contributed by atoms with Crippen LogP contribution in [0.2, 0.25) is 0 Å². The minimum Gasteiger partial charge on any atom is -0.491 e. The lowest BCUT2D eigenvalue weighted by Crippen LogP contribution is -2.54. The molecule has 116 valence electrons. The molecule has 0 aromatic heterocycles. The Labute approximate surface area is 123 Å². The highest BCUT2D eigenvalue weighted by atomic mass is 16.6. The number of esters is 1. The molecule has 0 radical (unpaired) electrons. The van der Waals surface area contributed by atoms with E-state index in [1.807, 2.05) is 6.92 Å². The third kappa shape index (κ3) is 4.16. The van der Waals surface area contributed by atoms with Crippen molar-refractivity contribution in [3.63, 3.8) is 0 Å². The van der Waals surface area contributed by atoms with Gasteiger partial charge in [0.05, 0.1) is 12.0 Å². The molecule has 0 aliphatic rings. The largest absolute Gasteiger partial charge is 0.491 e. The number of aryl methyl sites for hydroxylation is 1. The molecule has 0 amide bonds. The van der Waals surface area contributed by atoms with Crippen LogP contribution in [-0.4, -0.2) is 36.7 Å². The number of benzene rings is 1. The highest BCUT2D eigenvalue weighted by molar-refractivity contribution is 5.80. The minimum absolute atomic E-state index is 0.00210. The molecule has 0 saturated carbocycles. The van der Waals surface area contributed by atoms with E-state index in [1.165, 1.54) is 25.3 Å². The van der Waals surface area contributed by atoms with Crippen molar-refractivity contribution in [3.05, 3.63) is 33.9 Å². The zero-order chi connectivity index (χ0) is 16.0. The number of methoxy groups -OCH3 is 1. The summed E-state index contributed by atoms with van der Waals surface area (Å²) >= 11 is 0. The van der Waals surface area contributed by atoms with Gasteiger partial charge in [-0.2, -0.15) is 0 Å². The highest BCUT2D eigenvalue weighted by Crippen LogP contribution is 2.24. The third-order valence-corrected chi connectivity index (χ3v) is 3.09. The van der Waals surface area contributed by atoms with E-state index in [4.69, 9.17) is 9.47 Å². The number of ether oxygens (including phenoxy) is 2.